The minimum absolute atomic E-state index is 0.599. The van der Waals surface area contributed by atoms with Gasteiger partial charge in [0, 0.05) is 16.6 Å². The first-order valence-corrected chi connectivity index (χ1v) is 17.6. The zero-order valence-electron chi connectivity index (χ0n) is 27.8. The topological polar surface area (TPSA) is 16.4 Å². The Hall–Kier alpha value is -6.64. The van der Waals surface area contributed by atoms with Gasteiger partial charge in [-0.2, -0.15) is 0 Å². The molecular formula is C49H31NO. The number of allylic oxidation sites excluding steroid dienone is 7. The first-order valence-electron chi connectivity index (χ1n) is 17.6. The smallest absolute Gasteiger partial charge is 0.137 e. The maximum atomic E-state index is 6.54. The molecule has 6 aromatic carbocycles. The number of nitrogens with zero attached hydrogens (tertiary/aromatic N) is 1. The molecule has 51 heavy (non-hydrogen) atoms. The third-order valence-corrected chi connectivity index (χ3v) is 11.0. The molecule has 0 saturated heterocycles. The molecule has 7 aromatic rings. The fourth-order valence-electron chi connectivity index (χ4n) is 8.89. The summed E-state index contributed by atoms with van der Waals surface area (Å²) in [5.41, 5.74) is 17.1. The summed E-state index contributed by atoms with van der Waals surface area (Å²) in [5.74, 6) is 0. The lowest BCUT2D eigenvalue weighted by Crippen LogP contribution is -2.37. The summed E-state index contributed by atoms with van der Waals surface area (Å²) in [6.45, 7) is 0. The Labute approximate surface area is 296 Å². The highest BCUT2D eigenvalue weighted by atomic mass is 16.3. The van der Waals surface area contributed by atoms with Gasteiger partial charge in [0.25, 0.3) is 0 Å². The van der Waals surface area contributed by atoms with Gasteiger partial charge in [0.15, 0.2) is 0 Å². The van der Waals surface area contributed by atoms with Crippen LogP contribution in [0.4, 0.5) is 11.4 Å². The average molecular weight is 650 g/mol. The molecule has 0 amide bonds. The molecule has 1 heterocycles. The molecule has 0 fully saturated rings. The molecule has 1 atom stereocenters. The van der Waals surface area contributed by atoms with Crippen molar-refractivity contribution in [3.63, 3.8) is 0 Å². The van der Waals surface area contributed by atoms with Crippen LogP contribution < -0.4 is 4.90 Å². The summed E-state index contributed by atoms with van der Waals surface area (Å²) in [4.78, 5) is 2.53. The second-order valence-electron chi connectivity index (χ2n) is 13.6. The molecule has 4 aliphatic carbocycles. The van der Waals surface area contributed by atoms with Gasteiger partial charge in [-0.05, 0) is 92.6 Å². The molecule has 11 rings (SSSR count). The number of fused-ring (bicyclic) bond motifs is 11. The lowest BCUT2D eigenvalue weighted by atomic mass is 9.63. The standard InChI is InChI=1S/C49H31NO/c1-2-14-32(15-3-1)37-20-8-10-23-43(37)50(44-24-12-26-46-48(44)40-21-9-11-25-45(40)51-46)47-28-27-39-36-19-7-5-17-34(36)31-42(39)49(47)29-13-22-38-35-18-6-4-16-33(35)30-41(38)49/h1-31H. The van der Waals surface area contributed by atoms with Crippen LogP contribution in [-0.4, -0.2) is 0 Å². The molecule has 0 N–H and O–H groups in total. The highest BCUT2D eigenvalue weighted by Gasteiger charge is 2.50. The van der Waals surface area contributed by atoms with Gasteiger partial charge in [-0.25, -0.2) is 0 Å². The Morgan fingerprint density at radius 2 is 1.08 bits per heavy atom. The Morgan fingerprint density at radius 3 is 1.86 bits per heavy atom. The van der Waals surface area contributed by atoms with Crippen LogP contribution in [0.15, 0.2) is 197 Å². The zero-order valence-corrected chi connectivity index (χ0v) is 27.8. The van der Waals surface area contributed by atoms with Crippen LogP contribution in [0.3, 0.4) is 0 Å². The van der Waals surface area contributed by atoms with Crippen LogP contribution in [0.1, 0.15) is 22.3 Å². The molecule has 1 aromatic heterocycles. The molecule has 0 saturated carbocycles. The van der Waals surface area contributed by atoms with E-state index in [1.807, 2.05) is 6.07 Å². The van der Waals surface area contributed by atoms with Crippen LogP contribution in [-0.2, 0) is 0 Å². The van der Waals surface area contributed by atoms with E-state index in [2.05, 4.69) is 187 Å². The van der Waals surface area contributed by atoms with Crippen molar-refractivity contribution in [2.75, 3.05) is 4.90 Å². The van der Waals surface area contributed by atoms with Crippen molar-refractivity contribution in [2.24, 2.45) is 5.41 Å². The molecule has 0 bridgehead atoms. The maximum absolute atomic E-state index is 6.54. The second kappa shape index (κ2) is 10.7. The van der Waals surface area contributed by atoms with Crippen LogP contribution in [0, 0.1) is 5.41 Å². The predicted molar refractivity (Wildman–Crippen MR) is 212 cm³/mol. The fourth-order valence-corrected chi connectivity index (χ4v) is 8.89. The summed E-state index contributed by atoms with van der Waals surface area (Å²) in [7, 11) is 0. The first-order chi connectivity index (χ1) is 25.3. The molecule has 0 aliphatic heterocycles. The van der Waals surface area contributed by atoms with Crippen molar-refractivity contribution in [3.8, 4) is 11.1 Å². The number of furan rings is 1. The van der Waals surface area contributed by atoms with E-state index in [0.29, 0.717) is 0 Å². The van der Waals surface area contributed by atoms with E-state index in [1.54, 1.807) is 0 Å². The normalized spacial score (nSPS) is 18.0. The SMILES string of the molecule is C1=CC2(C3=Cc4ccccc4C3=C1)C1=Cc3ccccc3C1=CC=C2N(c1ccccc1-c1ccccc1)c1cccc2oc3ccccc3c12. The molecule has 2 nitrogen and oxygen atoms in total. The number of hydrogen-bond acceptors (Lipinski definition) is 2. The minimum Gasteiger partial charge on any atom is -0.456 e. The average Bonchev–Trinajstić information content (AvgIpc) is 3.89. The van der Waals surface area contributed by atoms with Gasteiger partial charge >= 0.3 is 0 Å². The van der Waals surface area contributed by atoms with Crippen LogP contribution >= 0.6 is 0 Å². The van der Waals surface area contributed by atoms with E-state index < -0.39 is 5.41 Å². The molecule has 1 spiro atoms. The lowest BCUT2D eigenvalue weighted by molar-refractivity contribution is 0.668. The van der Waals surface area contributed by atoms with E-state index in [9.17, 15) is 0 Å². The van der Waals surface area contributed by atoms with E-state index in [1.165, 1.54) is 55.8 Å². The molecule has 238 valence electrons. The third kappa shape index (κ3) is 3.93. The monoisotopic (exact) mass is 649 g/mol. The number of benzene rings is 6. The molecule has 4 aliphatic rings. The summed E-state index contributed by atoms with van der Waals surface area (Å²) in [6.07, 6.45) is 16.6. The third-order valence-electron chi connectivity index (χ3n) is 11.0. The van der Waals surface area contributed by atoms with Gasteiger partial charge in [-0.1, -0.05) is 146 Å². The van der Waals surface area contributed by atoms with Crippen molar-refractivity contribution in [1.82, 2.24) is 0 Å². The van der Waals surface area contributed by atoms with Gasteiger partial charge in [-0.3, -0.25) is 0 Å². The minimum atomic E-state index is -0.599. The van der Waals surface area contributed by atoms with Crippen molar-refractivity contribution < 1.29 is 4.42 Å². The lowest BCUT2D eigenvalue weighted by Gasteiger charge is -2.46. The summed E-state index contributed by atoms with van der Waals surface area (Å²) >= 11 is 0. The highest BCUT2D eigenvalue weighted by Crippen LogP contribution is 2.63. The zero-order chi connectivity index (χ0) is 33.5. The second-order valence-corrected chi connectivity index (χ2v) is 13.6. The van der Waals surface area contributed by atoms with E-state index >= 15 is 0 Å². The van der Waals surface area contributed by atoms with Crippen molar-refractivity contribution >= 4 is 56.6 Å². The quantitative estimate of drug-likeness (QED) is 0.189. The van der Waals surface area contributed by atoms with Gasteiger partial charge < -0.3 is 9.32 Å². The maximum Gasteiger partial charge on any atom is 0.137 e. The van der Waals surface area contributed by atoms with Gasteiger partial charge in [0.05, 0.1) is 22.2 Å². The summed E-state index contributed by atoms with van der Waals surface area (Å²) in [5, 5.41) is 2.21. The predicted octanol–water partition coefficient (Wildman–Crippen LogP) is 12.8. The van der Waals surface area contributed by atoms with Crippen molar-refractivity contribution in [2.45, 2.75) is 0 Å². The molecule has 2 heteroatoms. The Balaban J connectivity index is 1.26. The highest BCUT2D eigenvalue weighted by molar-refractivity contribution is 6.14. The fraction of sp³-hybridized carbons (Fsp3) is 0.0204. The summed E-state index contributed by atoms with van der Waals surface area (Å²) < 4.78 is 6.54. The van der Waals surface area contributed by atoms with E-state index in [0.717, 1.165) is 38.9 Å². The Bertz CT molecular complexity index is 2780. The Kier molecular flexibility index (Phi) is 5.91. The molecule has 0 radical (unpaired) electrons. The largest absolute Gasteiger partial charge is 0.456 e. The van der Waals surface area contributed by atoms with Gasteiger partial charge in [0.1, 0.15) is 11.2 Å². The van der Waals surface area contributed by atoms with E-state index in [-0.39, 0.29) is 0 Å². The van der Waals surface area contributed by atoms with Crippen LogP contribution in [0.2, 0.25) is 0 Å². The molecular weight excluding hydrogens is 619 g/mol. The van der Waals surface area contributed by atoms with Crippen molar-refractivity contribution in [1.29, 1.82) is 0 Å². The summed E-state index contributed by atoms with van der Waals surface area (Å²) in [6, 6.07) is 52.1. The Morgan fingerprint density at radius 1 is 0.471 bits per heavy atom. The number of rotatable bonds is 4. The number of para-hydroxylation sites is 2. The van der Waals surface area contributed by atoms with Crippen LogP contribution in [0.5, 0.6) is 0 Å². The molecule has 1 unspecified atom stereocenters. The van der Waals surface area contributed by atoms with E-state index in [4.69, 9.17) is 4.42 Å². The first kappa shape index (κ1) is 28.2. The van der Waals surface area contributed by atoms with Gasteiger partial charge in [0.2, 0.25) is 0 Å². The van der Waals surface area contributed by atoms with Crippen molar-refractivity contribution in [3.05, 3.63) is 215 Å². The number of hydrogen-bond donors (Lipinski definition) is 0. The number of anilines is 2. The van der Waals surface area contributed by atoms with Gasteiger partial charge in [-0.15, -0.1) is 0 Å². The van der Waals surface area contributed by atoms with Crippen LogP contribution in [0.25, 0.3) is 56.4 Å².